The Labute approximate surface area is 105 Å². The molecule has 1 aliphatic carbocycles. The molecule has 0 saturated heterocycles. The van der Waals surface area contributed by atoms with Gasteiger partial charge in [-0.2, -0.15) is 0 Å². The zero-order chi connectivity index (χ0) is 13.0. The highest BCUT2D eigenvalue weighted by molar-refractivity contribution is 5.85. The fourth-order valence-corrected chi connectivity index (χ4v) is 2.74. The molecule has 17 heavy (non-hydrogen) atoms. The van der Waals surface area contributed by atoms with Crippen molar-refractivity contribution >= 4 is 5.91 Å². The molecule has 2 heteroatoms. The van der Waals surface area contributed by atoms with Crippen molar-refractivity contribution in [3.05, 3.63) is 11.3 Å². The van der Waals surface area contributed by atoms with E-state index in [1.807, 2.05) is 0 Å². The minimum absolute atomic E-state index is 0.0668. The fraction of sp³-hybridized carbons (Fsp3) is 0.800. The maximum absolute atomic E-state index is 12.3. The molecule has 0 radical (unpaired) electrons. The second-order valence-corrected chi connectivity index (χ2v) is 7.50. The summed E-state index contributed by atoms with van der Waals surface area (Å²) in [5.74, 6) is 0.322. The van der Waals surface area contributed by atoms with Crippen molar-refractivity contribution in [2.75, 3.05) is 0 Å². The minimum Gasteiger partial charge on any atom is -0.312 e. The molecule has 0 aromatic rings. The Morgan fingerprint density at radius 2 is 1.53 bits per heavy atom. The van der Waals surface area contributed by atoms with Crippen molar-refractivity contribution in [2.45, 2.75) is 66.8 Å². The summed E-state index contributed by atoms with van der Waals surface area (Å²) in [4.78, 5) is 14.4. The molecule has 1 amide bonds. The summed E-state index contributed by atoms with van der Waals surface area (Å²) in [5.41, 5.74) is 2.82. The highest BCUT2D eigenvalue weighted by Crippen LogP contribution is 2.48. The third-order valence-electron chi connectivity index (χ3n) is 3.65. The number of hydrogen-bond acceptors (Lipinski definition) is 1. The summed E-state index contributed by atoms with van der Waals surface area (Å²) in [6.07, 6.45) is 3.00. The van der Waals surface area contributed by atoms with E-state index in [9.17, 15) is 4.79 Å². The molecule has 0 atom stereocenters. The molecule has 0 N–H and O–H groups in total. The molecular weight excluding hydrogens is 210 g/mol. The van der Waals surface area contributed by atoms with Crippen molar-refractivity contribution < 1.29 is 4.79 Å². The third-order valence-corrected chi connectivity index (χ3v) is 3.65. The summed E-state index contributed by atoms with van der Waals surface area (Å²) in [7, 11) is 0. The summed E-state index contributed by atoms with van der Waals surface area (Å²) in [6.45, 7) is 13.3. The van der Waals surface area contributed by atoms with Crippen molar-refractivity contribution in [1.82, 2.24) is 4.90 Å². The first-order chi connectivity index (χ1) is 7.62. The lowest BCUT2D eigenvalue weighted by Crippen LogP contribution is -2.33. The first-order valence-electron chi connectivity index (χ1n) is 6.68. The monoisotopic (exact) mass is 235 g/mol. The zero-order valence-corrected chi connectivity index (χ0v) is 12.1. The molecule has 1 saturated carbocycles. The van der Waals surface area contributed by atoms with Gasteiger partial charge < -0.3 is 4.90 Å². The predicted octanol–water partition coefficient (Wildman–Crippen LogP) is 3.73. The second-order valence-electron chi connectivity index (χ2n) is 7.50. The van der Waals surface area contributed by atoms with Gasteiger partial charge in [0.15, 0.2) is 0 Å². The van der Waals surface area contributed by atoms with E-state index in [2.05, 4.69) is 46.4 Å². The van der Waals surface area contributed by atoms with E-state index in [0.717, 1.165) is 0 Å². The van der Waals surface area contributed by atoms with Crippen LogP contribution in [0.25, 0.3) is 0 Å². The molecule has 0 unspecified atom stereocenters. The summed E-state index contributed by atoms with van der Waals surface area (Å²) in [5, 5.41) is 0. The summed E-state index contributed by atoms with van der Waals surface area (Å²) in [6, 6.07) is 0.497. The van der Waals surface area contributed by atoms with Gasteiger partial charge in [-0.1, -0.05) is 41.5 Å². The van der Waals surface area contributed by atoms with E-state index in [0.29, 0.717) is 18.4 Å². The number of nitrogens with zero attached hydrogens (tertiary/aromatic N) is 1. The van der Waals surface area contributed by atoms with Crippen LogP contribution in [0.5, 0.6) is 0 Å². The van der Waals surface area contributed by atoms with Gasteiger partial charge in [0.1, 0.15) is 0 Å². The molecule has 0 spiro atoms. The Hall–Kier alpha value is -0.790. The largest absolute Gasteiger partial charge is 0.312 e. The van der Waals surface area contributed by atoms with Crippen LogP contribution in [0.15, 0.2) is 11.3 Å². The van der Waals surface area contributed by atoms with Crippen LogP contribution in [0.2, 0.25) is 0 Å². The van der Waals surface area contributed by atoms with Crippen molar-refractivity contribution in [2.24, 2.45) is 10.8 Å². The molecular formula is C15H25NO. The Morgan fingerprint density at radius 1 is 1.00 bits per heavy atom. The molecule has 0 aromatic carbocycles. The van der Waals surface area contributed by atoms with Gasteiger partial charge in [-0.05, 0) is 23.8 Å². The first kappa shape index (κ1) is 12.7. The topological polar surface area (TPSA) is 20.3 Å². The van der Waals surface area contributed by atoms with E-state index in [1.165, 1.54) is 24.1 Å². The molecule has 1 aliphatic heterocycles. The van der Waals surface area contributed by atoms with Gasteiger partial charge >= 0.3 is 0 Å². The smallest absolute Gasteiger partial charge is 0.231 e. The predicted molar refractivity (Wildman–Crippen MR) is 70.4 cm³/mol. The number of hydrogen-bond donors (Lipinski definition) is 0. The van der Waals surface area contributed by atoms with Gasteiger partial charge in [0.05, 0.1) is 6.42 Å². The normalized spacial score (nSPS) is 22.7. The molecule has 2 nitrogen and oxygen atoms in total. The molecule has 0 bridgehead atoms. The van der Waals surface area contributed by atoms with Gasteiger partial charge in [-0.3, -0.25) is 4.79 Å². The van der Waals surface area contributed by atoms with Crippen LogP contribution < -0.4 is 0 Å². The first-order valence-corrected chi connectivity index (χ1v) is 6.68. The molecule has 2 aliphatic rings. The van der Waals surface area contributed by atoms with Gasteiger partial charge in [0.25, 0.3) is 0 Å². The van der Waals surface area contributed by atoms with Crippen LogP contribution in [-0.2, 0) is 4.79 Å². The average molecular weight is 235 g/mol. The number of carbonyl (C=O) groups excluding carboxylic acids is 1. The van der Waals surface area contributed by atoms with Crippen molar-refractivity contribution in [1.29, 1.82) is 0 Å². The fourth-order valence-electron chi connectivity index (χ4n) is 2.74. The lowest BCUT2D eigenvalue weighted by molar-refractivity contribution is -0.128. The van der Waals surface area contributed by atoms with Crippen LogP contribution in [0.1, 0.15) is 60.8 Å². The lowest BCUT2D eigenvalue weighted by Gasteiger charge is -2.33. The van der Waals surface area contributed by atoms with E-state index in [-0.39, 0.29) is 10.8 Å². The van der Waals surface area contributed by atoms with Gasteiger partial charge in [0, 0.05) is 17.2 Å². The van der Waals surface area contributed by atoms with E-state index < -0.39 is 0 Å². The Morgan fingerprint density at radius 3 is 1.88 bits per heavy atom. The number of allylic oxidation sites excluding steroid dienone is 1. The van der Waals surface area contributed by atoms with E-state index in [4.69, 9.17) is 0 Å². The Balaban J connectivity index is 2.48. The zero-order valence-electron chi connectivity index (χ0n) is 12.1. The van der Waals surface area contributed by atoms with Gasteiger partial charge in [-0.15, -0.1) is 0 Å². The SMILES string of the molecule is CC(C)(C)C1=C(C(C)(C)C)N(C2CC2)C(=O)C1. The molecule has 0 aromatic heterocycles. The third kappa shape index (κ3) is 2.27. The maximum atomic E-state index is 12.3. The van der Waals surface area contributed by atoms with E-state index >= 15 is 0 Å². The lowest BCUT2D eigenvalue weighted by atomic mass is 9.78. The molecule has 96 valence electrons. The standard InChI is InChI=1S/C15H25NO/c1-14(2,3)11-9-12(17)16(10-7-8-10)13(11)15(4,5)6/h10H,7-9H2,1-6H3. The number of amides is 1. The van der Waals surface area contributed by atoms with Crippen LogP contribution in [-0.4, -0.2) is 16.8 Å². The highest BCUT2D eigenvalue weighted by atomic mass is 16.2. The van der Waals surface area contributed by atoms with Crippen LogP contribution in [0.3, 0.4) is 0 Å². The van der Waals surface area contributed by atoms with Crippen molar-refractivity contribution in [3.63, 3.8) is 0 Å². The number of rotatable bonds is 1. The molecule has 1 heterocycles. The van der Waals surface area contributed by atoms with Crippen LogP contribution in [0, 0.1) is 10.8 Å². The second kappa shape index (κ2) is 3.60. The van der Waals surface area contributed by atoms with Gasteiger partial charge in [0.2, 0.25) is 5.91 Å². The molecule has 2 rings (SSSR count). The van der Waals surface area contributed by atoms with Gasteiger partial charge in [-0.25, -0.2) is 0 Å². The Bertz CT molecular complexity index is 375. The minimum atomic E-state index is 0.0668. The van der Waals surface area contributed by atoms with E-state index in [1.54, 1.807) is 0 Å². The summed E-state index contributed by atoms with van der Waals surface area (Å²) < 4.78 is 0. The quantitative estimate of drug-likeness (QED) is 0.678. The Kier molecular flexibility index (Phi) is 2.68. The average Bonchev–Trinajstić information content (AvgIpc) is 2.86. The van der Waals surface area contributed by atoms with Crippen LogP contribution in [0.4, 0.5) is 0 Å². The summed E-state index contributed by atoms with van der Waals surface area (Å²) >= 11 is 0. The molecule has 1 fully saturated rings. The number of carbonyl (C=O) groups is 1. The van der Waals surface area contributed by atoms with Crippen LogP contribution >= 0.6 is 0 Å². The maximum Gasteiger partial charge on any atom is 0.231 e. The highest BCUT2D eigenvalue weighted by Gasteiger charge is 2.46. The van der Waals surface area contributed by atoms with Crippen molar-refractivity contribution in [3.8, 4) is 0 Å².